The molecule has 7 rings (SSSR count). The number of amides is 1. The fourth-order valence-electron chi connectivity index (χ4n) is 6.13. The van der Waals surface area contributed by atoms with Crippen LogP contribution in [0, 0.1) is 5.92 Å². The topological polar surface area (TPSA) is 173 Å². The largest absolute Gasteiger partial charge is 0.497 e. The van der Waals surface area contributed by atoms with Gasteiger partial charge in [0.2, 0.25) is 10.0 Å². The summed E-state index contributed by atoms with van der Waals surface area (Å²) in [6.45, 7) is 2.23. The maximum Gasteiger partial charge on any atom is 0.416 e. The smallest absolute Gasteiger partial charge is 0.416 e. The van der Waals surface area contributed by atoms with Crippen LogP contribution in [0.15, 0.2) is 57.7 Å². The second-order valence-corrected chi connectivity index (χ2v) is 15.6. The molecule has 2 aromatic rings. The van der Waals surface area contributed by atoms with Gasteiger partial charge in [-0.1, -0.05) is 21.9 Å². The van der Waals surface area contributed by atoms with Crippen molar-refractivity contribution < 1.29 is 50.7 Å². The van der Waals surface area contributed by atoms with E-state index in [0.717, 1.165) is 30.7 Å². The summed E-state index contributed by atoms with van der Waals surface area (Å²) in [5.74, 6) is -0.0886. The summed E-state index contributed by atoms with van der Waals surface area (Å²) in [6.07, 6.45) is 2.85. The average Bonchev–Trinajstić information content (AvgIpc) is 3.74. The van der Waals surface area contributed by atoms with E-state index < -0.39 is 39.2 Å². The number of rotatable bonds is 6. The van der Waals surface area contributed by atoms with Crippen LogP contribution in [0.2, 0.25) is 5.02 Å². The molecule has 2 spiro atoms. The number of carbonyl (C=O) groups is 2. The van der Waals surface area contributed by atoms with Crippen LogP contribution in [-0.4, -0.2) is 97.6 Å². The lowest BCUT2D eigenvalue weighted by atomic mass is 9.88. The summed E-state index contributed by atoms with van der Waals surface area (Å²) in [7, 11) is -2.08. The zero-order valence-electron chi connectivity index (χ0n) is 28.5. The van der Waals surface area contributed by atoms with Crippen molar-refractivity contribution in [3.8, 4) is 5.75 Å². The maximum absolute atomic E-state index is 12.8. The molecule has 0 atom stereocenters. The van der Waals surface area contributed by atoms with Crippen molar-refractivity contribution in [3.05, 3.63) is 58.6 Å². The van der Waals surface area contributed by atoms with E-state index in [1.807, 2.05) is 0 Å². The molecule has 4 heterocycles. The first-order valence-electron chi connectivity index (χ1n) is 16.8. The maximum atomic E-state index is 12.8. The number of carbonyl (C=O) groups excluding carboxylic acids is 1. The molecule has 18 heteroatoms. The van der Waals surface area contributed by atoms with Crippen molar-refractivity contribution in [2.45, 2.75) is 73.6 Å². The Hall–Kier alpha value is -3.93. The number of carboxylic acid groups (broad SMARTS) is 1. The second-order valence-electron chi connectivity index (χ2n) is 13.3. The second kappa shape index (κ2) is 16.0. The van der Waals surface area contributed by atoms with Crippen LogP contribution >= 0.6 is 11.6 Å². The van der Waals surface area contributed by atoms with Crippen LogP contribution in [0.3, 0.4) is 0 Å². The van der Waals surface area contributed by atoms with Crippen LogP contribution < -0.4 is 10.5 Å². The number of likely N-dealkylation sites (tertiary alicyclic amines) is 1. The number of methoxy groups -OCH3 is 1. The molecule has 3 N–H and O–H groups in total. The number of piperidine rings is 2. The van der Waals surface area contributed by atoms with Gasteiger partial charge in [0.25, 0.3) is 5.91 Å². The number of halogens is 4. The minimum absolute atomic E-state index is 0.0125. The molecule has 0 unspecified atom stereocenters. The molecule has 2 saturated heterocycles. The van der Waals surface area contributed by atoms with Gasteiger partial charge in [0, 0.05) is 70.9 Å². The third kappa shape index (κ3) is 9.35. The number of alkyl halides is 3. The Morgan fingerprint density at radius 3 is 2.13 bits per heavy atom. The van der Waals surface area contributed by atoms with Gasteiger partial charge in [-0.2, -0.15) is 17.5 Å². The standard InChI is InChI=1S/C15H14ClF3N2O2.C15H18N2O6S.C4H9N/c16-12-2-1-10(15(17,18)19)9-11(12)13(22)21-7-4-14(5-8-21)3-6-20-23-14;1-22-11-2-4-12(5-3-11)24(20,21)17-8-6-15(7-9-17)10-13(14(18)19)16-23-15;5-3-4-1-2-4/h1-2,6,9H,3-5,7-8H2;2-5H,6-10H2,1H3,(H,18,19);4H,1-3,5H2. The van der Waals surface area contributed by atoms with E-state index in [0.29, 0.717) is 50.9 Å². The molecule has 4 aliphatic heterocycles. The number of nitrogens with two attached hydrogens (primary N) is 1. The molecule has 0 radical (unpaired) electrons. The van der Waals surface area contributed by atoms with Crippen LogP contribution in [-0.2, 0) is 30.7 Å². The minimum Gasteiger partial charge on any atom is -0.497 e. The van der Waals surface area contributed by atoms with Crippen molar-refractivity contribution in [2.24, 2.45) is 22.0 Å². The molecule has 0 bridgehead atoms. The number of oxime groups is 2. The summed E-state index contributed by atoms with van der Waals surface area (Å²) in [4.78, 5) is 35.9. The number of ether oxygens (including phenoxy) is 1. The van der Waals surface area contributed by atoms with Crippen LogP contribution in [0.5, 0.6) is 5.75 Å². The molecular weight excluding hydrogens is 731 g/mol. The minimum atomic E-state index is -4.51. The van der Waals surface area contributed by atoms with Gasteiger partial charge < -0.3 is 30.2 Å². The summed E-state index contributed by atoms with van der Waals surface area (Å²) >= 11 is 5.92. The highest BCUT2D eigenvalue weighted by Gasteiger charge is 2.46. The number of carboxylic acids is 1. The zero-order chi connectivity index (χ0) is 37.7. The van der Waals surface area contributed by atoms with Crippen molar-refractivity contribution in [1.82, 2.24) is 9.21 Å². The lowest BCUT2D eigenvalue weighted by Crippen LogP contribution is -2.46. The fraction of sp³-hybridized carbons (Fsp3) is 0.529. The van der Waals surface area contributed by atoms with E-state index in [2.05, 4.69) is 10.3 Å². The number of sulfonamides is 1. The molecule has 5 aliphatic rings. The van der Waals surface area contributed by atoms with Gasteiger partial charge in [-0.3, -0.25) is 4.79 Å². The van der Waals surface area contributed by atoms with Crippen LogP contribution in [0.4, 0.5) is 13.2 Å². The Morgan fingerprint density at radius 2 is 1.65 bits per heavy atom. The SMILES string of the molecule is COc1ccc(S(=O)(=O)N2CCC3(CC2)CC(C(=O)O)=NO3)cc1.NCC1CC1.O=C(c1cc(C(F)(F)F)ccc1Cl)N1CCC2(CC=NO2)CC1. The van der Waals surface area contributed by atoms with Gasteiger partial charge in [-0.15, -0.1) is 0 Å². The Bertz CT molecular complexity index is 1760. The monoisotopic (exact) mass is 771 g/mol. The molecule has 0 aromatic heterocycles. The van der Waals surface area contributed by atoms with Crippen molar-refractivity contribution in [1.29, 1.82) is 0 Å². The Balaban J connectivity index is 0.000000177. The quantitative estimate of drug-likeness (QED) is 0.402. The highest BCUT2D eigenvalue weighted by atomic mass is 35.5. The predicted molar refractivity (Wildman–Crippen MR) is 185 cm³/mol. The highest BCUT2D eigenvalue weighted by Crippen LogP contribution is 2.37. The fourth-order valence-corrected chi connectivity index (χ4v) is 7.77. The summed E-state index contributed by atoms with van der Waals surface area (Å²) in [6, 6.07) is 9.01. The Morgan fingerprint density at radius 1 is 1.02 bits per heavy atom. The Labute approximate surface area is 304 Å². The molecular formula is C34H41ClF3N5O8S. The van der Waals surface area contributed by atoms with E-state index >= 15 is 0 Å². The van der Waals surface area contributed by atoms with E-state index in [1.54, 1.807) is 18.3 Å². The average molecular weight is 772 g/mol. The van der Waals surface area contributed by atoms with Crippen molar-refractivity contribution in [2.75, 3.05) is 39.8 Å². The molecule has 52 heavy (non-hydrogen) atoms. The number of nitrogens with zero attached hydrogens (tertiary/aromatic N) is 4. The van der Waals surface area contributed by atoms with Gasteiger partial charge in [0.1, 0.15) is 17.0 Å². The zero-order valence-corrected chi connectivity index (χ0v) is 30.1. The van der Waals surface area contributed by atoms with E-state index in [4.69, 9.17) is 36.9 Å². The molecule has 1 saturated carbocycles. The molecule has 3 fully saturated rings. The van der Waals surface area contributed by atoms with Gasteiger partial charge >= 0.3 is 12.1 Å². The van der Waals surface area contributed by atoms with Crippen molar-refractivity contribution >= 4 is 45.4 Å². The van der Waals surface area contributed by atoms with Crippen LogP contribution in [0.1, 0.15) is 67.3 Å². The first-order chi connectivity index (χ1) is 24.6. The van der Waals surface area contributed by atoms with Gasteiger partial charge in [-0.05, 0) is 67.8 Å². The summed E-state index contributed by atoms with van der Waals surface area (Å²) in [5.41, 5.74) is 3.15. The van der Waals surface area contributed by atoms with E-state index in [1.165, 1.54) is 41.3 Å². The third-order valence-corrected chi connectivity index (χ3v) is 12.0. The van der Waals surface area contributed by atoms with Gasteiger partial charge in [-0.25, -0.2) is 13.2 Å². The molecule has 2 aromatic carbocycles. The molecule has 1 amide bonds. The normalized spacial score (nSPS) is 20.5. The number of benzene rings is 2. The van der Waals surface area contributed by atoms with Gasteiger partial charge in [0.05, 0.1) is 28.2 Å². The third-order valence-electron chi connectivity index (χ3n) is 9.72. The first-order valence-corrected chi connectivity index (χ1v) is 18.6. The lowest BCUT2D eigenvalue weighted by molar-refractivity contribution is -0.137. The summed E-state index contributed by atoms with van der Waals surface area (Å²) < 4.78 is 70.2. The van der Waals surface area contributed by atoms with Gasteiger partial charge in [0.15, 0.2) is 5.71 Å². The van der Waals surface area contributed by atoms with E-state index in [-0.39, 0.29) is 46.3 Å². The number of hydrogen-bond acceptors (Lipinski definition) is 10. The lowest BCUT2D eigenvalue weighted by Gasteiger charge is -2.37. The number of aliphatic carboxylic acids is 1. The molecule has 1 aliphatic carbocycles. The first kappa shape index (κ1) is 39.3. The van der Waals surface area contributed by atoms with Crippen LogP contribution in [0.25, 0.3) is 0 Å². The predicted octanol–water partition coefficient (Wildman–Crippen LogP) is 5.17. The Kier molecular flexibility index (Phi) is 12.1. The van der Waals surface area contributed by atoms with E-state index in [9.17, 15) is 31.2 Å². The highest BCUT2D eigenvalue weighted by molar-refractivity contribution is 7.89. The molecule has 284 valence electrons. The number of hydrogen-bond donors (Lipinski definition) is 2. The van der Waals surface area contributed by atoms with Crippen molar-refractivity contribution in [3.63, 3.8) is 0 Å². The molecule has 13 nitrogen and oxygen atoms in total. The summed E-state index contributed by atoms with van der Waals surface area (Å²) in [5, 5.41) is 16.4.